The van der Waals surface area contributed by atoms with E-state index in [0.717, 1.165) is 29.7 Å². The Morgan fingerprint density at radius 1 is 0.974 bits per heavy atom. The van der Waals surface area contributed by atoms with Crippen LogP contribution in [0.1, 0.15) is 58.6 Å². The Bertz CT molecular complexity index is 1460. The van der Waals surface area contributed by atoms with Crippen molar-refractivity contribution in [1.29, 1.82) is 0 Å². The van der Waals surface area contributed by atoms with Crippen LogP contribution in [0, 0.1) is 0 Å². The fraction of sp³-hybridized carbons (Fsp3) is 0.290. The van der Waals surface area contributed by atoms with E-state index in [2.05, 4.69) is 40.3 Å². The molecule has 0 fully saturated rings. The number of ether oxygens (including phenoxy) is 1. The van der Waals surface area contributed by atoms with Crippen molar-refractivity contribution in [2.24, 2.45) is 0 Å². The number of carbonyl (C=O) groups is 2. The molecule has 1 aliphatic heterocycles. The summed E-state index contributed by atoms with van der Waals surface area (Å²) in [5, 5.41) is 4.38. The Balaban J connectivity index is 1.35. The quantitative estimate of drug-likeness (QED) is 0.296. The molecule has 3 heterocycles. The van der Waals surface area contributed by atoms with Gasteiger partial charge in [0.1, 0.15) is 5.00 Å². The number of urea groups is 1. The SMILES string of the molecule is CCOC(=O)Cc1ccc(NC(=O)N2Cc3c(sc4c3CCCC4)-n3cccc3[C@H]2c2ccccc2)cc1. The standard InChI is InChI=1S/C31H31N3O3S/c1-2-37-28(35)19-21-14-16-23(17-15-21)32-31(36)34-20-25-24-11-6-7-13-27(24)38-30(25)33-18-8-12-26(33)29(34)22-9-4-3-5-10-22/h3-5,8-10,12,14-18,29H,2,6-7,11,13,19-20H2,1H3,(H,32,36)/t29-/m1/s1. The van der Waals surface area contributed by atoms with Crippen molar-refractivity contribution in [3.8, 4) is 5.00 Å². The van der Waals surface area contributed by atoms with E-state index in [-0.39, 0.29) is 24.5 Å². The van der Waals surface area contributed by atoms with Gasteiger partial charge >= 0.3 is 12.0 Å². The number of fused-ring (bicyclic) bond motifs is 5. The zero-order valence-electron chi connectivity index (χ0n) is 21.5. The van der Waals surface area contributed by atoms with E-state index >= 15 is 0 Å². The fourth-order valence-corrected chi connectivity index (χ4v) is 7.06. The van der Waals surface area contributed by atoms with Crippen LogP contribution in [0.4, 0.5) is 10.5 Å². The van der Waals surface area contributed by atoms with Gasteiger partial charge in [-0.05, 0) is 73.6 Å². The second-order valence-electron chi connectivity index (χ2n) is 9.85. The highest BCUT2D eigenvalue weighted by Crippen LogP contribution is 2.44. The van der Waals surface area contributed by atoms with Crippen LogP contribution in [0.5, 0.6) is 0 Å². The number of carbonyl (C=O) groups excluding carboxylic acids is 2. The van der Waals surface area contributed by atoms with Gasteiger partial charge in [-0.2, -0.15) is 0 Å². The lowest BCUT2D eigenvalue weighted by molar-refractivity contribution is -0.142. The molecule has 2 aromatic heterocycles. The number of rotatable bonds is 5. The second-order valence-corrected chi connectivity index (χ2v) is 10.9. The molecule has 1 aliphatic carbocycles. The van der Waals surface area contributed by atoms with E-state index in [1.807, 2.05) is 58.7 Å². The van der Waals surface area contributed by atoms with E-state index in [4.69, 9.17) is 4.74 Å². The number of esters is 1. The van der Waals surface area contributed by atoms with Crippen molar-refractivity contribution < 1.29 is 14.3 Å². The van der Waals surface area contributed by atoms with Gasteiger partial charge in [0, 0.05) is 22.3 Å². The number of aromatic nitrogens is 1. The van der Waals surface area contributed by atoms with Crippen LogP contribution in [0.2, 0.25) is 0 Å². The molecule has 7 heteroatoms. The molecule has 0 bridgehead atoms. The Kier molecular flexibility index (Phi) is 6.77. The molecule has 2 amide bonds. The van der Waals surface area contributed by atoms with Crippen molar-refractivity contribution in [2.75, 3.05) is 11.9 Å². The van der Waals surface area contributed by atoms with Crippen molar-refractivity contribution in [2.45, 2.75) is 51.6 Å². The van der Waals surface area contributed by atoms with Crippen LogP contribution in [0.3, 0.4) is 0 Å². The minimum atomic E-state index is -0.252. The number of benzene rings is 2. The third-order valence-corrected chi connectivity index (χ3v) is 8.75. The maximum Gasteiger partial charge on any atom is 0.322 e. The summed E-state index contributed by atoms with van der Waals surface area (Å²) in [4.78, 5) is 29.3. The number of amides is 2. The van der Waals surface area contributed by atoms with E-state index in [1.165, 1.54) is 33.8 Å². The lowest BCUT2D eigenvalue weighted by Crippen LogP contribution is -2.38. The van der Waals surface area contributed by atoms with E-state index in [1.54, 1.807) is 6.92 Å². The largest absolute Gasteiger partial charge is 0.466 e. The van der Waals surface area contributed by atoms with Crippen molar-refractivity contribution >= 4 is 29.0 Å². The number of hydrogen-bond donors (Lipinski definition) is 1. The summed E-state index contributed by atoms with van der Waals surface area (Å²) >= 11 is 1.89. The highest BCUT2D eigenvalue weighted by atomic mass is 32.1. The van der Waals surface area contributed by atoms with Crippen molar-refractivity contribution in [1.82, 2.24) is 9.47 Å². The molecular weight excluding hydrogens is 494 g/mol. The minimum Gasteiger partial charge on any atom is -0.466 e. The number of nitrogens with one attached hydrogen (secondary N) is 1. The van der Waals surface area contributed by atoms with Crippen LogP contribution < -0.4 is 5.32 Å². The molecule has 2 aliphatic rings. The maximum atomic E-state index is 14.0. The molecule has 0 radical (unpaired) electrons. The first-order chi connectivity index (χ1) is 18.6. The van der Waals surface area contributed by atoms with Gasteiger partial charge < -0.3 is 19.5 Å². The van der Waals surface area contributed by atoms with Crippen molar-refractivity contribution in [3.63, 3.8) is 0 Å². The summed E-state index contributed by atoms with van der Waals surface area (Å²) < 4.78 is 7.35. The number of hydrogen-bond acceptors (Lipinski definition) is 4. The molecule has 1 atom stereocenters. The summed E-state index contributed by atoms with van der Waals surface area (Å²) in [5.74, 6) is -0.252. The summed E-state index contributed by atoms with van der Waals surface area (Å²) in [6.45, 7) is 2.72. The molecular formula is C31H31N3O3S. The van der Waals surface area contributed by atoms with Gasteiger partial charge in [-0.1, -0.05) is 42.5 Å². The number of thiophene rings is 1. The third kappa shape index (κ3) is 4.63. The third-order valence-electron chi connectivity index (χ3n) is 7.41. The average Bonchev–Trinajstić information content (AvgIpc) is 3.52. The number of nitrogens with zero attached hydrogens (tertiary/aromatic N) is 2. The van der Waals surface area contributed by atoms with E-state index in [0.29, 0.717) is 18.8 Å². The van der Waals surface area contributed by atoms with Crippen LogP contribution in [0.15, 0.2) is 72.9 Å². The molecule has 6 nitrogen and oxygen atoms in total. The molecule has 0 saturated carbocycles. The highest BCUT2D eigenvalue weighted by Gasteiger charge is 2.36. The Morgan fingerprint density at radius 2 is 1.76 bits per heavy atom. The van der Waals surface area contributed by atoms with Crippen LogP contribution >= 0.6 is 11.3 Å². The predicted octanol–water partition coefficient (Wildman–Crippen LogP) is 6.66. The second kappa shape index (κ2) is 10.5. The van der Waals surface area contributed by atoms with Gasteiger partial charge in [0.2, 0.25) is 0 Å². The Morgan fingerprint density at radius 3 is 2.55 bits per heavy atom. The molecule has 194 valence electrons. The molecule has 1 N–H and O–H groups in total. The summed E-state index contributed by atoms with van der Waals surface area (Å²) in [7, 11) is 0. The smallest absolute Gasteiger partial charge is 0.322 e. The lowest BCUT2D eigenvalue weighted by Gasteiger charge is -2.31. The summed E-state index contributed by atoms with van der Waals surface area (Å²) in [5.41, 5.74) is 6.43. The first kappa shape index (κ1) is 24.5. The zero-order chi connectivity index (χ0) is 26.1. The van der Waals surface area contributed by atoms with Crippen LogP contribution in [-0.4, -0.2) is 28.1 Å². The van der Waals surface area contributed by atoms with Crippen LogP contribution in [0.25, 0.3) is 5.00 Å². The fourth-order valence-electron chi connectivity index (χ4n) is 5.65. The molecule has 38 heavy (non-hydrogen) atoms. The van der Waals surface area contributed by atoms with Crippen LogP contribution in [-0.2, 0) is 35.3 Å². The molecule has 0 spiro atoms. The Hall–Kier alpha value is -3.84. The average molecular weight is 526 g/mol. The van der Waals surface area contributed by atoms with Gasteiger partial charge in [0.25, 0.3) is 0 Å². The number of aryl methyl sites for hydroxylation is 1. The topological polar surface area (TPSA) is 63.6 Å². The minimum absolute atomic E-state index is 0.145. The summed E-state index contributed by atoms with van der Waals surface area (Å²) in [6, 6.07) is 21.5. The monoisotopic (exact) mass is 525 g/mol. The van der Waals surface area contributed by atoms with Gasteiger partial charge in [-0.15, -0.1) is 11.3 Å². The van der Waals surface area contributed by atoms with Gasteiger partial charge in [0.05, 0.1) is 31.3 Å². The van der Waals surface area contributed by atoms with E-state index < -0.39 is 0 Å². The molecule has 4 aromatic rings. The zero-order valence-corrected chi connectivity index (χ0v) is 22.3. The number of anilines is 1. The lowest BCUT2D eigenvalue weighted by atomic mass is 9.95. The van der Waals surface area contributed by atoms with Gasteiger partial charge in [-0.3, -0.25) is 4.79 Å². The van der Waals surface area contributed by atoms with E-state index in [9.17, 15) is 9.59 Å². The first-order valence-electron chi connectivity index (χ1n) is 13.3. The maximum absolute atomic E-state index is 14.0. The molecule has 6 rings (SSSR count). The highest BCUT2D eigenvalue weighted by molar-refractivity contribution is 7.15. The predicted molar refractivity (Wildman–Crippen MR) is 150 cm³/mol. The van der Waals surface area contributed by atoms with Crippen molar-refractivity contribution in [3.05, 3.63) is 106 Å². The van der Waals surface area contributed by atoms with Gasteiger partial charge in [-0.25, -0.2) is 4.79 Å². The Labute approximate surface area is 226 Å². The first-order valence-corrected chi connectivity index (χ1v) is 14.1. The molecule has 0 unspecified atom stereocenters. The summed E-state index contributed by atoms with van der Waals surface area (Å²) in [6.07, 6.45) is 6.97. The normalized spacial score (nSPS) is 16.1. The van der Waals surface area contributed by atoms with Gasteiger partial charge in [0.15, 0.2) is 0 Å². The molecule has 0 saturated heterocycles. The molecule has 2 aromatic carbocycles.